The van der Waals surface area contributed by atoms with Crippen LogP contribution in [0.25, 0.3) is 0 Å². The van der Waals surface area contributed by atoms with Crippen LogP contribution >= 0.6 is 0 Å². The molecule has 110 valence electrons. The second kappa shape index (κ2) is 6.72. The lowest BCUT2D eigenvalue weighted by molar-refractivity contribution is -0.138. The van der Waals surface area contributed by atoms with Crippen molar-refractivity contribution in [3.63, 3.8) is 0 Å². The first-order valence-electron chi connectivity index (χ1n) is 6.30. The third-order valence-corrected chi connectivity index (χ3v) is 2.49. The summed E-state index contributed by atoms with van der Waals surface area (Å²) >= 11 is 0. The Morgan fingerprint density at radius 3 is 2.42 bits per heavy atom. The van der Waals surface area contributed by atoms with Crippen LogP contribution in [0.3, 0.4) is 0 Å². The van der Waals surface area contributed by atoms with Crippen molar-refractivity contribution in [3.05, 3.63) is 0 Å². The third-order valence-electron chi connectivity index (χ3n) is 2.49. The molecule has 0 saturated carbocycles. The van der Waals surface area contributed by atoms with Crippen LogP contribution in [0.15, 0.2) is 0 Å². The Kier molecular flexibility index (Phi) is 5.56. The standard InChI is InChI=1S/C12H22N2O5/c1-12(2,3)19-11(17)13-9(8-15)10(16)14-4-6-18-7-5-14/h9,15H,4-8H2,1-3H3,(H,13,17)/t9-/m0/s1. The van der Waals surface area contributed by atoms with Crippen LogP contribution < -0.4 is 5.32 Å². The fourth-order valence-corrected chi connectivity index (χ4v) is 1.64. The van der Waals surface area contributed by atoms with Gasteiger partial charge in [-0.3, -0.25) is 4.79 Å². The molecule has 1 aliphatic rings. The predicted molar refractivity (Wildman–Crippen MR) is 67.6 cm³/mol. The fourth-order valence-electron chi connectivity index (χ4n) is 1.64. The maximum absolute atomic E-state index is 12.1. The Hall–Kier alpha value is -1.34. The first-order valence-corrected chi connectivity index (χ1v) is 6.30. The fraction of sp³-hybridized carbons (Fsp3) is 0.833. The molecule has 1 saturated heterocycles. The largest absolute Gasteiger partial charge is 0.444 e. The summed E-state index contributed by atoms with van der Waals surface area (Å²) in [6.45, 7) is 6.58. The number of carbonyl (C=O) groups excluding carboxylic acids is 2. The second-order valence-corrected chi connectivity index (χ2v) is 5.32. The van der Waals surface area contributed by atoms with Gasteiger partial charge < -0.3 is 24.8 Å². The van der Waals surface area contributed by atoms with Gasteiger partial charge in [-0.15, -0.1) is 0 Å². The Bertz CT molecular complexity index is 321. The number of aliphatic hydroxyl groups is 1. The molecule has 7 heteroatoms. The summed E-state index contributed by atoms with van der Waals surface area (Å²) in [5.74, 6) is -0.323. The van der Waals surface area contributed by atoms with Crippen molar-refractivity contribution in [1.82, 2.24) is 10.2 Å². The zero-order valence-corrected chi connectivity index (χ0v) is 11.6. The van der Waals surface area contributed by atoms with E-state index in [2.05, 4.69) is 5.32 Å². The zero-order chi connectivity index (χ0) is 14.5. The summed E-state index contributed by atoms with van der Waals surface area (Å²) in [6, 6.07) is -0.979. The molecule has 7 nitrogen and oxygen atoms in total. The Balaban J connectivity index is 2.52. The van der Waals surface area contributed by atoms with Crippen molar-refractivity contribution >= 4 is 12.0 Å². The monoisotopic (exact) mass is 274 g/mol. The smallest absolute Gasteiger partial charge is 0.408 e. The zero-order valence-electron chi connectivity index (χ0n) is 11.6. The maximum Gasteiger partial charge on any atom is 0.408 e. The number of amides is 2. The normalized spacial score (nSPS) is 17.8. The summed E-state index contributed by atoms with van der Waals surface area (Å²) in [6.07, 6.45) is -0.715. The molecule has 1 heterocycles. The van der Waals surface area contributed by atoms with Gasteiger partial charge in [-0.25, -0.2) is 4.79 Å². The second-order valence-electron chi connectivity index (χ2n) is 5.32. The lowest BCUT2D eigenvalue weighted by atomic mass is 10.2. The Morgan fingerprint density at radius 2 is 1.95 bits per heavy atom. The van der Waals surface area contributed by atoms with Crippen LogP contribution in [-0.4, -0.2) is 66.6 Å². The highest BCUT2D eigenvalue weighted by atomic mass is 16.6. The highest BCUT2D eigenvalue weighted by Crippen LogP contribution is 2.07. The van der Waals surface area contributed by atoms with Gasteiger partial charge in [0.05, 0.1) is 19.8 Å². The molecule has 0 aliphatic carbocycles. The molecule has 0 aromatic heterocycles. The SMILES string of the molecule is CC(C)(C)OC(=O)N[C@@H](CO)C(=O)N1CCOCC1. The average molecular weight is 274 g/mol. The number of rotatable bonds is 3. The number of carbonyl (C=O) groups is 2. The van der Waals surface area contributed by atoms with Gasteiger partial charge in [0.1, 0.15) is 11.6 Å². The van der Waals surface area contributed by atoms with Crippen molar-refractivity contribution in [1.29, 1.82) is 0 Å². The number of morpholine rings is 1. The quantitative estimate of drug-likeness (QED) is 0.739. The maximum atomic E-state index is 12.1. The van der Waals surface area contributed by atoms with Gasteiger partial charge in [0.25, 0.3) is 0 Å². The topological polar surface area (TPSA) is 88.1 Å². The molecule has 1 atom stereocenters. The van der Waals surface area contributed by atoms with Gasteiger partial charge in [-0.2, -0.15) is 0 Å². The molecular formula is C12H22N2O5. The molecule has 2 N–H and O–H groups in total. The van der Waals surface area contributed by atoms with Gasteiger partial charge in [-0.05, 0) is 20.8 Å². The number of ether oxygens (including phenoxy) is 2. The van der Waals surface area contributed by atoms with E-state index in [0.29, 0.717) is 26.3 Å². The minimum absolute atomic E-state index is 0.323. The molecule has 19 heavy (non-hydrogen) atoms. The van der Waals surface area contributed by atoms with Crippen LogP contribution in [0.4, 0.5) is 4.79 Å². The van der Waals surface area contributed by atoms with Gasteiger partial charge in [0.15, 0.2) is 0 Å². The minimum Gasteiger partial charge on any atom is -0.444 e. The van der Waals surface area contributed by atoms with Crippen molar-refractivity contribution < 1.29 is 24.2 Å². The molecule has 1 aliphatic heterocycles. The molecule has 0 unspecified atom stereocenters. The first kappa shape index (κ1) is 15.7. The summed E-state index contributed by atoms with van der Waals surface area (Å²) in [5, 5.41) is 11.6. The number of aliphatic hydroxyl groups excluding tert-OH is 1. The molecule has 1 fully saturated rings. The van der Waals surface area contributed by atoms with Crippen molar-refractivity contribution in [2.45, 2.75) is 32.4 Å². The average Bonchev–Trinajstić information content (AvgIpc) is 2.34. The van der Waals surface area contributed by atoms with Gasteiger partial charge in [0.2, 0.25) is 5.91 Å². The molecule has 2 amide bonds. The van der Waals surface area contributed by atoms with E-state index >= 15 is 0 Å². The predicted octanol–water partition coefficient (Wildman–Crippen LogP) is -0.269. The van der Waals surface area contributed by atoms with Crippen molar-refractivity contribution in [2.75, 3.05) is 32.9 Å². The van der Waals surface area contributed by atoms with E-state index in [4.69, 9.17) is 9.47 Å². The molecule has 0 bridgehead atoms. The lowest BCUT2D eigenvalue weighted by Gasteiger charge is -2.30. The third kappa shape index (κ3) is 5.44. The van der Waals surface area contributed by atoms with Crippen LogP contribution in [0.1, 0.15) is 20.8 Å². The molecule has 0 radical (unpaired) electrons. The minimum atomic E-state index is -0.979. The van der Waals surface area contributed by atoms with Gasteiger partial charge in [0, 0.05) is 13.1 Å². The van der Waals surface area contributed by atoms with Crippen LogP contribution in [-0.2, 0) is 14.3 Å². The Morgan fingerprint density at radius 1 is 1.37 bits per heavy atom. The number of nitrogens with one attached hydrogen (secondary N) is 1. The van der Waals surface area contributed by atoms with Crippen LogP contribution in [0, 0.1) is 0 Å². The summed E-state index contributed by atoms with van der Waals surface area (Å²) in [5.41, 5.74) is -0.647. The van der Waals surface area contributed by atoms with Crippen LogP contribution in [0.2, 0.25) is 0 Å². The molecule has 0 aromatic carbocycles. The Labute approximate surface area is 112 Å². The molecule has 1 rings (SSSR count). The number of alkyl carbamates (subject to hydrolysis) is 1. The van der Waals surface area contributed by atoms with Gasteiger partial charge in [-0.1, -0.05) is 0 Å². The summed E-state index contributed by atoms with van der Waals surface area (Å²) < 4.78 is 10.2. The van der Waals surface area contributed by atoms with Crippen LogP contribution in [0.5, 0.6) is 0 Å². The molecule has 0 spiro atoms. The van der Waals surface area contributed by atoms with E-state index < -0.39 is 24.3 Å². The highest BCUT2D eigenvalue weighted by molar-refractivity contribution is 5.86. The summed E-state index contributed by atoms with van der Waals surface area (Å²) in [4.78, 5) is 25.2. The highest BCUT2D eigenvalue weighted by Gasteiger charge is 2.28. The van der Waals surface area contributed by atoms with E-state index in [1.165, 1.54) is 0 Å². The van der Waals surface area contributed by atoms with E-state index in [1.54, 1.807) is 25.7 Å². The van der Waals surface area contributed by atoms with E-state index in [-0.39, 0.29) is 5.91 Å². The molecule has 0 aromatic rings. The number of hydrogen-bond acceptors (Lipinski definition) is 5. The van der Waals surface area contributed by atoms with E-state index in [9.17, 15) is 14.7 Å². The van der Waals surface area contributed by atoms with E-state index in [1.807, 2.05) is 0 Å². The number of hydrogen-bond donors (Lipinski definition) is 2. The van der Waals surface area contributed by atoms with Crippen molar-refractivity contribution in [3.8, 4) is 0 Å². The lowest BCUT2D eigenvalue weighted by Crippen LogP contribution is -2.53. The first-order chi connectivity index (χ1) is 8.83. The van der Waals surface area contributed by atoms with Crippen molar-refractivity contribution in [2.24, 2.45) is 0 Å². The summed E-state index contributed by atoms with van der Waals surface area (Å²) in [7, 11) is 0. The number of nitrogens with zero attached hydrogens (tertiary/aromatic N) is 1. The molecular weight excluding hydrogens is 252 g/mol. The van der Waals surface area contributed by atoms with Gasteiger partial charge >= 0.3 is 6.09 Å². The van der Waals surface area contributed by atoms with E-state index in [0.717, 1.165) is 0 Å².